The lowest BCUT2D eigenvalue weighted by atomic mass is 9.92. The average Bonchev–Trinajstić information content (AvgIpc) is 3.10. The van der Waals surface area contributed by atoms with Gasteiger partial charge in [0.15, 0.2) is 23.1 Å². The Morgan fingerprint density at radius 2 is 2.21 bits per heavy atom. The van der Waals surface area contributed by atoms with E-state index < -0.39 is 0 Å². The Morgan fingerprint density at radius 1 is 1.36 bits per heavy atom. The number of thioether (sulfide) groups is 1. The van der Waals surface area contributed by atoms with Crippen LogP contribution in [0.3, 0.4) is 0 Å². The highest BCUT2D eigenvalue weighted by Crippen LogP contribution is 2.59. The van der Waals surface area contributed by atoms with Crippen molar-refractivity contribution in [1.82, 2.24) is 24.6 Å². The van der Waals surface area contributed by atoms with E-state index in [2.05, 4.69) is 32.2 Å². The van der Waals surface area contributed by atoms with Gasteiger partial charge < -0.3 is 18.6 Å². The van der Waals surface area contributed by atoms with Crippen molar-refractivity contribution in [3.8, 4) is 17.3 Å². The second kappa shape index (κ2) is 8.61. The zero-order valence-electron chi connectivity index (χ0n) is 19.5. The molecule has 1 aliphatic heterocycles. The number of aryl methyl sites for hydroxylation is 1. The number of benzene rings is 1. The number of carbonyl (C=O) groups is 1. The number of Topliss-reactive ketones (excluding diaryl/α,β-unsaturated/α-hetero) is 1. The molecule has 33 heavy (non-hydrogen) atoms. The molecular weight excluding hydrogens is 438 g/mol. The van der Waals surface area contributed by atoms with Gasteiger partial charge in [0.05, 0.1) is 18.4 Å². The number of oxazole rings is 1. The zero-order chi connectivity index (χ0) is 23.2. The molecule has 1 saturated carbocycles. The summed E-state index contributed by atoms with van der Waals surface area (Å²) in [5.41, 5.74) is 2.99. The summed E-state index contributed by atoms with van der Waals surface area (Å²) in [5, 5.41) is 9.49. The minimum absolute atomic E-state index is 0.0552. The molecule has 3 heterocycles. The molecule has 1 aliphatic carbocycles. The number of carbonyl (C=O) groups excluding carboxylic acids is 1. The van der Waals surface area contributed by atoms with E-state index in [9.17, 15) is 4.79 Å². The van der Waals surface area contributed by atoms with Crippen molar-refractivity contribution >= 4 is 17.5 Å². The lowest BCUT2D eigenvalue weighted by Crippen LogP contribution is -2.28. The highest BCUT2D eigenvalue weighted by atomic mass is 32.2. The topological polar surface area (TPSA) is 86.3 Å². The molecule has 1 aromatic carbocycles. The normalized spacial score (nSPS) is 21.9. The van der Waals surface area contributed by atoms with Crippen molar-refractivity contribution in [3.63, 3.8) is 0 Å². The predicted molar refractivity (Wildman–Crippen MR) is 126 cm³/mol. The third-order valence-corrected chi connectivity index (χ3v) is 8.11. The van der Waals surface area contributed by atoms with Crippen LogP contribution in [0, 0.1) is 12.8 Å². The van der Waals surface area contributed by atoms with Crippen LogP contribution in [0.4, 0.5) is 0 Å². The second-order valence-corrected chi connectivity index (χ2v) is 10.2. The fraction of sp³-hybridized carbons (Fsp3) is 0.500. The Bertz CT molecular complexity index is 1190. The third-order valence-electron chi connectivity index (χ3n) is 7.00. The summed E-state index contributed by atoms with van der Waals surface area (Å²) in [6, 6.07) is 6.15. The molecule has 0 N–H and O–H groups in total. The fourth-order valence-electron chi connectivity index (χ4n) is 5.10. The fourth-order valence-corrected chi connectivity index (χ4v) is 5.94. The van der Waals surface area contributed by atoms with Crippen LogP contribution in [0.2, 0.25) is 0 Å². The first-order chi connectivity index (χ1) is 15.9. The van der Waals surface area contributed by atoms with Gasteiger partial charge in [0.1, 0.15) is 5.75 Å². The van der Waals surface area contributed by atoms with E-state index in [1.165, 1.54) is 18.4 Å². The largest absolute Gasteiger partial charge is 0.496 e. The molecule has 0 radical (unpaired) electrons. The lowest BCUT2D eigenvalue weighted by Gasteiger charge is -2.21. The summed E-state index contributed by atoms with van der Waals surface area (Å²) in [4.78, 5) is 18.8. The minimum Gasteiger partial charge on any atom is -0.496 e. The van der Waals surface area contributed by atoms with Crippen molar-refractivity contribution in [2.75, 3.05) is 32.5 Å². The number of fused-ring (bicyclic) bond motifs is 1. The van der Waals surface area contributed by atoms with E-state index in [1.54, 1.807) is 25.8 Å². The minimum atomic E-state index is 0.0552. The van der Waals surface area contributed by atoms with E-state index >= 15 is 0 Å². The molecule has 2 atom stereocenters. The number of likely N-dealkylation sites (tertiary alicyclic amines) is 1. The Kier molecular flexibility index (Phi) is 5.78. The SMILES string of the molecule is COc1ccc([C@]23C[C@@H]2CN(CCCSc2nnc(-c4ocnc4C)n2C)C3)cc1C(C)=O. The van der Waals surface area contributed by atoms with E-state index in [4.69, 9.17) is 9.15 Å². The molecule has 174 valence electrons. The lowest BCUT2D eigenvalue weighted by molar-refractivity contribution is 0.101. The molecule has 2 aliphatic rings. The van der Waals surface area contributed by atoms with Crippen LogP contribution in [0.1, 0.15) is 41.4 Å². The van der Waals surface area contributed by atoms with Crippen LogP contribution in [-0.2, 0) is 12.5 Å². The molecule has 5 rings (SSSR count). The van der Waals surface area contributed by atoms with Gasteiger partial charge in [-0.15, -0.1) is 10.2 Å². The zero-order valence-corrected chi connectivity index (χ0v) is 20.3. The summed E-state index contributed by atoms with van der Waals surface area (Å²) in [6.45, 7) is 6.76. The molecule has 8 nitrogen and oxygen atoms in total. The van der Waals surface area contributed by atoms with Crippen molar-refractivity contribution in [2.45, 2.75) is 37.3 Å². The number of piperidine rings is 1. The molecule has 0 amide bonds. The first kappa shape index (κ1) is 22.2. The van der Waals surface area contributed by atoms with Crippen LogP contribution in [0.15, 0.2) is 34.2 Å². The van der Waals surface area contributed by atoms with Crippen LogP contribution in [-0.4, -0.2) is 62.9 Å². The number of methoxy groups -OCH3 is 1. The molecule has 9 heteroatoms. The summed E-state index contributed by atoms with van der Waals surface area (Å²) >= 11 is 1.72. The predicted octanol–water partition coefficient (Wildman–Crippen LogP) is 3.75. The molecule has 0 bridgehead atoms. The first-order valence-electron chi connectivity index (χ1n) is 11.3. The van der Waals surface area contributed by atoms with Crippen LogP contribution in [0.5, 0.6) is 5.75 Å². The molecule has 2 fully saturated rings. The Labute approximate surface area is 197 Å². The number of ether oxygens (including phenoxy) is 1. The van der Waals surface area contributed by atoms with E-state index in [-0.39, 0.29) is 11.2 Å². The van der Waals surface area contributed by atoms with E-state index in [0.29, 0.717) is 28.8 Å². The highest BCUT2D eigenvalue weighted by Gasteiger charge is 2.60. The summed E-state index contributed by atoms with van der Waals surface area (Å²) in [7, 11) is 3.58. The van der Waals surface area contributed by atoms with E-state index in [0.717, 1.165) is 42.7 Å². The molecular formula is C24H29N5O3S. The molecule has 0 spiro atoms. The molecule has 3 aromatic rings. The maximum absolute atomic E-state index is 12.1. The Morgan fingerprint density at radius 3 is 2.94 bits per heavy atom. The van der Waals surface area contributed by atoms with Crippen molar-refractivity contribution < 1.29 is 13.9 Å². The number of nitrogens with zero attached hydrogens (tertiary/aromatic N) is 5. The average molecular weight is 468 g/mol. The third kappa shape index (κ3) is 3.97. The molecule has 0 unspecified atom stereocenters. The van der Waals surface area contributed by atoms with Gasteiger partial charge in [-0.2, -0.15) is 0 Å². The van der Waals surface area contributed by atoms with Crippen LogP contribution in [0.25, 0.3) is 11.6 Å². The van der Waals surface area contributed by atoms with Gasteiger partial charge in [-0.05, 0) is 56.8 Å². The van der Waals surface area contributed by atoms with Gasteiger partial charge in [-0.1, -0.05) is 17.8 Å². The number of hydrogen-bond acceptors (Lipinski definition) is 8. The van der Waals surface area contributed by atoms with Gasteiger partial charge >= 0.3 is 0 Å². The summed E-state index contributed by atoms with van der Waals surface area (Å²) in [6.07, 6.45) is 3.73. The second-order valence-electron chi connectivity index (χ2n) is 9.10. The van der Waals surface area contributed by atoms with Gasteiger partial charge in [-0.3, -0.25) is 4.79 Å². The maximum atomic E-state index is 12.1. The Hall–Kier alpha value is -2.65. The molecule has 2 aromatic heterocycles. The van der Waals surface area contributed by atoms with Gasteiger partial charge in [0, 0.05) is 31.3 Å². The van der Waals surface area contributed by atoms with Crippen molar-refractivity contribution in [2.24, 2.45) is 13.0 Å². The van der Waals surface area contributed by atoms with Gasteiger partial charge in [0.2, 0.25) is 5.82 Å². The monoisotopic (exact) mass is 467 g/mol. The van der Waals surface area contributed by atoms with Crippen molar-refractivity contribution in [1.29, 1.82) is 0 Å². The highest BCUT2D eigenvalue weighted by molar-refractivity contribution is 7.99. The summed E-state index contributed by atoms with van der Waals surface area (Å²) in [5.74, 6) is 3.76. The quantitative estimate of drug-likeness (QED) is 0.267. The number of ketones is 1. The maximum Gasteiger partial charge on any atom is 0.202 e. The smallest absolute Gasteiger partial charge is 0.202 e. The number of rotatable bonds is 9. The summed E-state index contributed by atoms with van der Waals surface area (Å²) < 4.78 is 12.8. The number of aromatic nitrogens is 4. The van der Waals surface area contributed by atoms with E-state index in [1.807, 2.05) is 24.6 Å². The standard InChI is InChI=1S/C24H29N5O3S/c1-15-21(32-14-25-15)22-26-27-23(28(22)3)33-9-5-8-29-12-18-11-24(18,13-29)17-6-7-20(31-4)19(10-17)16(2)30/h6-7,10,14,18H,5,8-9,11-13H2,1-4H3/t18-,24-/m1/s1. The Balaban J connectivity index is 1.16. The number of hydrogen-bond donors (Lipinski definition) is 0. The molecule has 1 saturated heterocycles. The van der Waals surface area contributed by atoms with Crippen LogP contribution < -0.4 is 4.74 Å². The van der Waals surface area contributed by atoms with Crippen LogP contribution >= 0.6 is 11.8 Å². The van der Waals surface area contributed by atoms with Gasteiger partial charge in [0.25, 0.3) is 0 Å². The van der Waals surface area contributed by atoms with Gasteiger partial charge in [-0.25, -0.2) is 4.98 Å². The van der Waals surface area contributed by atoms with Crippen molar-refractivity contribution in [3.05, 3.63) is 41.4 Å². The first-order valence-corrected chi connectivity index (χ1v) is 12.3.